The molecule has 9 nitrogen and oxygen atoms in total. The van der Waals surface area contributed by atoms with Gasteiger partial charge in [0.1, 0.15) is 0 Å². The van der Waals surface area contributed by atoms with E-state index in [1.54, 1.807) is 41.2 Å². The summed E-state index contributed by atoms with van der Waals surface area (Å²) in [5.41, 5.74) is 8.69. The quantitative estimate of drug-likeness (QED) is 0.158. The second-order valence-electron chi connectivity index (χ2n) is 5.77. The maximum Gasteiger partial charge on any atom is 0.229 e. The van der Waals surface area contributed by atoms with Crippen molar-refractivity contribution in [2.75, 3.05) is 16.9 Å². The first-order chi connectivity index (χ1) is 13.2. The first kappa shape index (κ1) is 20.6. The largest absolute Gasteiger partial charge is 0.380 e. The van der Waals surface area contributed by atoms with Crippen LogP contribution < -0.4 is 10.5 Å². The first-order valence-electron chi connectivity index (χ1n) is 7.88. The number of benzene rings is 1. The second-order valence-corrected chi connectivity index (χ2v) is 9.22. The van der Waals surface area contributed by atoms with Crippen LogP contribution in [-0.4, -0.2) is 45.1 Å². The van der Waals surface area contributed by atoms with Gasteiger partial charge in [-0.2, -0.15) is 5.10 Å². The number of hydrogen-bond acceptors (Lipinski definition) is 6. The molecule has 0 aliphatic heterocycles. The summed E-state index contributed by atoms with van der Waals surface area (Å²) < 4.78 is 27.1. The molecule has 0 saturated heterocycles. The number of fused-ring (bicyclic) bond motifs is 1. The van der Waals surface area contributed by atoms with Gasteiger partial charge >= 0.3 is 0 Å². The normalized spacial score (nSPS) is 13.5. The summed E-state index contributed by atoms with van der Waals surface area (Å²) in [7, 11) is -3.49. The highest BCUT2D eigenvalue weighted by atomic mass is 127. The zero-order valence-corrected chi connectivity index (χ0v) is 18.3. The molecule has 0 aliphatic rings. The lowest BCUT2D eigenvalue weighted by Gasteiger charge is -2.10. The van der Waals surface area contributed by atoms with Crippen molar-refractivity contribution in [1.82, 2.24) is 14.6 Å². The van der Waals surface area contributed by atoms with Gasteiger partial charge in [0, 0.05) is 23.0 Å². The third-order valence-corrected chi connectivity index (χ3v) is 5.53. The van der Waals surface area contributed by atoms with Crippen LogP contribution in [0.1, 0.15) is 5.56 Å². The Morgan fingerprint density at radius 1 is 1.46 bits per heavy atom. The Kier molecular flexibility index (Phi) is 6.25. The Morgan fingerprint density at radius 3 is 2.93 bits per heavy atom. The summed E-state index contributed by atoms with van der Waals surface area (Å²) >= 11 is 7.67. The standard InChI is InChI=1S/C16H16ClIN6O3S/c1-28(25,26)23-12-6-10(13-9-24-15(21-13)3-2-4-20-24)5-11(7-12)16(19)22-27-14(18)8-17/h2-7,9,14,23H,8H2,1H3,(H2,19,22). The number of aromatic nitrogens is 3. The lowest BCUT2D eigenvalue weighted by atomic mass is 10.1. The molecular weight excluding hydrogens is 519 g/mol. The molecule has 0 radical (unpaired) electrons. The molecule has 0 saturated carbocycles. The number of halogens is 2. The van der Waals surface area contributed by atoms with Gasteiger partial charge in [0.05, 0.1) is 24.0 Å². The van der Waals surface area contributed by atoms with E-state index in [-0.39, 0.29) is 15.8 Å². The van der Waals surface area contributed by atoms with E-state index in [0.717, 1.165) is 6.26 Å². The number of imidazole rings is 1. The van der Waals surface area contributed by atoms with Crippen molar-refractivity contribution in [3.05, 3.63) is 48.3 Å². The number of rotatable bonds is 7. The van der Waals surface area contributed by atoms with E-state index in [9.17, 15) is 8.42 Å². The average Bonchev–Trinajstić information content (AvgIpc) is 3.08. The topological polar surface area (TPSA) is 124 Å². The summed E-state index contributed by atoms with van der Waals surface area (Å²) in [5.74, 6) is 0.319. The van der Waals surface area contributed by atoms with Crippen LogP contribution in [0.2, 0.25) is 0 Å². The molecule has 3 rings (SSSR count). The zero-order valence-electron chi connectivity index (χ0n) is 14.6. The molecule has 0 aliphatic carbocycles. The van der Waals surface area contributed by atoms with Gasteiger partial charge < -0.3 is 10.6 Å². The Bertz CT molecular complexity index is 1100. The fourth-order valence-electron chi connectivity index (χ4n) is 2.36. The number of anilines is 1. The average molecular weight is 535 g/mol. The van der Waals surface area contributed by atoms with Crippen molar-refractivity contribution in [3.8, 4) is 11.3 Å². The van der Waals surface area contributed by atoms with E-state index in [2.05, 4.69) is 20.0 Å². The highest BCUT2D eigenvalue weighted by Gasteiger charge is 2.13. The Balaban J connectivity index is 2.06. The number of oxime groups is 1. The lowest BCUT2D eigenvalue weighted by molar-refractivity contribution is 0.146. The van der Waals surface area contributed by atoms with Gasteiger partial charge in [-0.1, -0.05) is 5.16 Å². The summed E-state index contributed by atoms with van der Waals surface area (Å²) in [4.78, 5) is 9.69. The van der Waals surface area contributed by atoms with Crippen LogP contribution in [0.15, 0.2) is 47.9 Å². The molecule has 12 heteroatoms. The molecule has 0 bridgehead atoms. The maximum absolute atomic E-state index is 11.7. The minimum absolute atomic E-state index is 0.0760. The van der Waals surface area contributed by atoms with E-state index in [1.807, 2.05) is 28.7 Å². The van der Waals surface area contributed by atoms with Crippen LogP contribution in [0, 0.1) is 0 Å². The fourth-order valence-corrected chi connectivity index (χ4v) is 3.08. The second kappa shape index (κ2) is 8.49. The highest BCUT2D eigenvalue weighted by molar-refractivity contribution is 14.1. The number of hydrogen-bond donors (Lipinski definition) is 2. The van der Waals surface area contributed by atoms with E-state index >= 15 is 0 Å². The maximum atomic E-state index is 11.7. The van der Waals surface area contributed by atoms with Crippen LogP contribution >= 0.6 is 34.2 Å². The number of nitrogens with two attached hydrogens (primary N) is 1. The number of sulfonamides is 1. The fraction of sp³-hybridized carbons (Fsp3) is 0.188. The van der Waals surface area contributed by atoms with Crippen molar-refractivity contribution in [2.24, 2.45) is 10.9 Å². The highest BCUT2D eigenvalue weighted by Crippen LogP contribution is 2.25. The van der Waals surface area contributed by atoms with Crippen LogP contribution in [0.5, 0.6) is 0 Å². The Hall–Kier alpha value is -2.12. The molecule has 1 atom stereocenters. The molecule has 2 heterocycles. The summed E-state index contributed by atoms with van der Waals surface area (Å²) in [6, 6.07) is 8.54. The molecule has 3 aromatic rings. The SMILES string of the molecule is CS(=O)(=O)Nc1cc(/C(N)=N/OC(I)CCl)cc(-c2cn3ncccc3n2)c1. The van der Waals surface area contributed by atoms with Gasteiger partial charge in [-0.3, -0.25) is 4.72 Å². The lowest BCUT2D eigenvalue weighted by Crippen LogP contribution is -2.17. The Morgan fingerprint density at radius 2 is 2.25 bits per heavy atom. The van der Waals surface area contributed by atoms with Crippen LogP contribution in [-0.2, 0) is 14.9 Å². The van der Waals surface area contributed by atoms with Gasteiger partial charge in [-0.15, -0.1) is 11.6 Å². The summed E-state index contributed by atoms with van der Waals surface area (Å²) in [6.07, 6.45) is 4.44. The molecule has 2 aromatic heterocycles. The molecule has 3 N–H and O–H groups in total. The summed E-state index contributed by atoms with van der Waals surface area (Å²) in [5, 5.41) is 8.05. The van der Waals surface area contributed by atoms with Crippen LogP contribution in [0.3, 0.4) is 0 Å². The third-order valence-electron chi connectivity index (χ3n) is 3.45. The van der Waals surface area contributed by atoms with Gasteiger partial charge in [0.25, 0.3) is 0 Å². The van der Waals surface area contributed by atoms with Gasteiger partial charge in [0.15, 0.2) is 15.6 Å². The van der Waals surface area contributed by atoms with Crippen LogP contribution in [0.25, 0.3) is 16.9 Å². The van der Waals surface area contributed by atoms with Crippen molar-refractivity contribution in [1.29, 1.82) is 0 Å². The van der Waals surface area contributed by atoms with E-state index in [0.29, 0.717) is 28.2 Å². The van der Waals surface area contributed by atoms with Gasteiger partial charge in [-0.25, -0.2) is 17.9 Å². The predicted molar refractivity (Wildman–Crippen MR) is 117 cm³/mol. The third kappa shape index (κ3) is 5.23. The monoisotopic (exact) mass is 534 g/mol. The van der Waals surface area contributed by atoms with Crippen molar-refractivity contribution in [2.45, 2.75) is 4.11 Å². The van der Waals surface area contributed by atoms with Crippen LogP contribution in [0.4, 0.5) is 5.69 Å². The molecule has 1 unspecified atom stereocenters. The molecule has 0 amide bonds. The first-order valence-corrected chi connectivity index (χ1v) is 11.6. The molecule has 0 spiro atoms. The van der Waals surface area contributed by atoms with Crippen molar-refractivity contribution < 1.29 is 13.3 Å². The molecule has 28 heavy (non-hydrogen) atoms. The van der Waals surface area contributed by atoms with E-state index in [4.69, 9.17) is 22.2 Å². The molecular formula is C16H16ClIN6O3S. The zero-order chi connectivity index (χ0) is 20.3. The predicted octanol–water partition coefficient (Wildman–Crippen LogP) is 2.40. The minimum Gasteiger partial charge on any atom is -0.380 e. The van der Waals surface area contributed by atoms with Gasteiger partial charge in [0.2, 0.25) is 10.0 Å². The number of amidine groups is 1. The molecule has 148 valence electrons. The minimum atomic E-state index is -3.49. The van der Waals surface area contributed by atoms with E-state index < -0.39 is 10.0 Å². The molecule has 1 aromatic carbocycles. The van der Waals surface area contributed by atoms with Crippen molar-refractivity contribution >= 4 is 61.4 Å². The summed E-state index contributed by atoms with van der Waals surface area (Å²) in [6.45, 7) is 0. The van der Waals surface area contributed by atoms with Gasteiger partial charge in [-0.05, 0) is 52.9 Å². The van der Waals surface area contributed by atoms with E-state index in [1.165, 1.54) is 0 Å². The number of nitrogens with one attached hydrogen (secondary N) is 1. The Labute approximate surface area is 180 Å². The molecule has 0 fully saturated rings. The number of alkyl halides is 2. The number of nitrogens with zero attached hydrogens (tertiary/aromatic N) is 4. The smallest absolute Gasteiger partial charge is 0.229 e. The van der Waals surface area contributed by atoms with Crippen molar-refractivity contribution in [3.63, 3.8) is 0 Å².